The van der Waals surface area contributed by atoms with Gasteiger partial charge in [-0.3, -0.25) is 0 Å². The van der Waals surface area contributed by atoms with Crippen molar-refractivity contribution in [3.8, 4) is 0 Å². The largest absolute Gasteiger partial charge is 0.392 e. The highest BCUT2D eigenvalue weighted by molar-refractivity contribution is 5.12. The summed E-state index contributed by atoms with van der Waals surface area (Å²) in [5.74, 6) is -0.110. The maximum absolute atomic E-state index is 10.6. The Morgan fingerprint density at radius 1 is 0.579 bits per heavy atom. The van der Waals surface area contributed by atoms with Crippen LogP contribution < -0.4 is 0 Å². The summed E-state index contributed by atoms with van der Waals surface area (Å²) in [4.78, 5) is 0. The summed E-state index contributed by atoms with van der Waals surface area (Å²) in [6.07, 6.45) is -2.04. The summed E-state index contributed by atoms with van der Waals surface area (Å²) < 4.78 is 0. The maximum atomic E-state index is 10.6. The second-order valence-electron chi connectivity index (χ2n) is 7.16. The molecule has 0 aromatic carbocycles. The van der Waals surface area contributed by atoms with E-state index >= 15 is 0 Å². The monoisotopic (exact) mass is 272 g/mol. The third-order valence-corrected chi connectivity index (χ3v) is 5.69. The van der Waals surface area contributed by atoms with E-state index in [1.165, 1.54) is 0 Å². The molecule has 2 rings (SSSR count). The van der Waals surface area contributed by atoms with Gasteiger partial charge in [0.1, 0.15) is 0 Å². The lowest BCUT2D eigenvalue weighted by atomic mass is 9.50. The second kappa shape index (κ2) is 4.99. The van der Waals surface area contributed by atoms with Crippen LogP contribution in [0.2, 0.25) is 0 Å². The predicted molar refractivity (Wildman–Crippen MR) is 72.4 cm³/mol. The van der Waals surface area contributed by atoms with E-state index in [-0.39, 0.29) is 23.7 Å². The summed E-state index contributed by atoms with van der Waals surface area (Å²) in [5.41, 5.74) is -1.20. The first kappa shape index (κ1) is 15.2. The van der Waals surface area contributed by atoms with Crippen molar-refractivity contribution < 1.29 is 20.4 Å². The first-order valence-corrected chi connectivity index (χ1v) is 7.46. The number of aliphatic hydroxyl groups excluding tert-OH is 4. The lowest BCUT2D eigenvalue weighted by Gasteiger charge is -2.59. The van der Waals surface area contributed by atoms with Gasteiger partial charge in [-0.2, -0.15) is 0 Å². The second-order valence-corrected chi connectivity index (χ2v) is 7.16. The average Bonchev–Trinajstić information content (AvgIpc) is 2.35. The quantitative estimate of drug-likeness (QED) is 0.525. The van der Waals surface area contributed by atoms with Crippen LogP contribution >= 0.6 is 0 Å². The molecule has 4 nitrogen and oxygen atoms in total. The van der Waals surface area contributed by atoms with Gasteiger partial charge < -0.3 is 20.4 Å². The molecule has 1 spiro atoms. The van der Waals surface area contributed by atoms with Crippen molar-refractivity contribution in [2.24, 2.45) is 29.1 Å². The van der Waals surface area contributed by atoms with Gasteiger partial charge in [-0.1, -0.05) is 27.7 Å². The molecule has 2 saturated carbocycles. The first-order chi connectivity index (χ1) is 8.74. The molecular weight excluding hydrogens is 244 g/mol. The van der Waals surface area contributed by atoms with E-state index < -0.39 is 29.8 Å². The standard InChI is InChI=1S/C15H28O4/c1-7-5-8(2)12(17)15(11(7)16)13(18)9(3)6-10(4)14(15)19/h7-14,16-19H,5-6H2,1-4H3. The van der Waals surface area contributed by atoms with Crippen molar-refractivity contribution in [1.29, 1.82) is 0 Å². The van der Waals surface area contributed by atoms with Gasteiger partial charge >= 0.3 is 0 Å². The first-order valence-electron chi connectivity index (χ1n) is 7.46. The Labute approximate surface area is 115 Å². The highest BCUT2D eigenvalue weighted by atomic mass is 16.3. The SMILES string of the molecule is CC1CC(C)C(O)C2(C1O)C(O)C(C)CC(C)C2O. The van der Waals surface area contributed by atoms with Gasteiger partial charge in [0.05, 0.1) is 29.8 Å². The molecule has 0 bridgehead atoms. The molecule has 4 heteroatoms. The smallest absolute Gasteiger partial charge is 0.0750 e. The van der Waals surface area contributed by atoms with Crippen LogP contribution in [-0.2, 0) is 0 Å². The van der Waals surface area contributed by atoms with Crippen molar-refractivity contribution >= 4 is 0 Å². The lowest BCUT2D eigenvalue weighted by Crippen LogP contribution is -2.70. The van der Waals surface area contributed by atoms with Gasteiger partial charge in [-0.15, -0.1) is 0 Å². The summed E-state index contributed by atoms with van der Waals surface area (Å²) in [6, 6.07) is 0. The molecule has 2 fully saturated rings. The normalized spacial score (nSPS) is 59.4. The summed E-state index contributed by atoms with van der Waals surface area (Å²) in [6.45, 7) is 7.71. The number of rotatable bonds is 0. The van der Waals surface area contributed by atoms with Gasteiger partial charge in [0.25, 0.3) is 0 Å². The van der Waals surface area contributed by atoms with Gasteiger partial charge in [-0.05, 0) is 36.5 Å². The highest BCUT2D eigenvalue weighted by Crippen LogP contribution is 2.54. The van der Waals surface area contributed by atoms with Gasteiger partial charge in [0, 0.05) is 0 Å². The molecule has 8 unspecified atom stereocenters. The van der Waals surface area contributed by atoms with E-state index in [0.717, 1.165) is 0 Å². The van der Waals surface area contributed by atoms with E-state index in [0.29, 0.717) is 12.8 Å². The number of hydrogen-bond donors (Lipinski definition) is 4. The molecule has 112 valence electrons. The zero-order chi connectivity index (χ0) is 14.5. The lowest BCUT2D eigenvalue weighted by molar-refractivity contribution is -0.272. The number of hydrogen-bond acceptors (Lipinski definition) is 4. The Bertz CT molecular complexity index is 269. The zero-order valence-electron chi connectivity index (χ0n) is 12.3. The fraction of sp³-hybridized carbons (Fsp3) is 1.00. The molecule has 0 aromatic rings. The van der Waals surface area contributed by atoms with Crippen molar-refractivity contribution in [1.82, 2.24) is 0 Å². The van der Waals surface area contributed by atoms with E-state index in [2.05, 4.69) is 0 Å². The molecule has 2 aliphatic carbocycles. The topological polar surface area (TPSA) is 80.9 Å². The molecule has 19 heavy (non-hydrogen) atoms. The van der Waals surface area contributed by atoms with E-state index in [4.69, 9.17) is 0 Å². The van der Waals surface area contributed by atoms with Crippen LogP contribution in [-0.4, -0.2) is 44.8 Å². The molecule has 8 atom stereocenters. The molecule has 4 N–H and O–H groups in total. The Hall–Kier alpha value is -0.160. The molecule has 0 aromatic heterocycles. The third kappa shape index (κ3) is 1.96. The molecular formula is C15H28O4. The Morgan fingerprint density at radius 3 is 1.00 bits per heavy atom. The van der Waals surface area contributed by atoms with Crippen LogP contribution in [0, 0.1) is 29.1 Å². The van der Waals surface area contributed by atoms with Crippen molar-refractivity contribution in [3.05, 3.63) is 0 Å². The van der Waals surface area contributed by atoms with Crippen LogP contribution in [0.25, 0.3) is 0 Å². The minimum Gasteiger partial charge on any atom is -0.392 e. The summed E-state index contributed by atoms with van der Waals surface area (Å²) >= 11 is 0. The molecule has 0 saturated heterocycles. The molecule has 0 radical (unpaired) electrons. The van der Waals surface area contributed by atoms with Crippen LogP contribution in [0.3, 0.4) is 0 Å². The Kier molecular flexibility index (Phi) is 4.00. The van der Waals surface area contributed by atoms with Crippen LogP contribution in [0.4, 0.5) is 0 Å². The third-order valence-electron chi connectivity index (χ3n) is 5.69. The molecule has 0 amide bonds. The summed E-state index contributed by atoms with van der Waals surface area (Å²) in [7, 11) is 0. The Morgan fingerprint density at radius 2 is 0.789 bits per heavy atom. The molecule has 0 aliphatic heterocycles. The fourth-order valence-electron chi connectivity index (χ4n) is 4.71. The predicted octanol–water partition coefficient (Wildman–Crippen LogP) is 0.768. The fourth-order valence-corrected chi connectivity index (χ4v) is 4.71. The average molecular weight is 272 g/mol. The van der Waals surface area contributed by atoms with E-state index in [1.807, 2.05) is 27.7 Å². The van der Waals surface area contributed by atoms with Crippen molar-refractivity contribution in [3.63, 3.8) is 0 Å². The summed E-state index contributed by atoms with van der Waals surface area (Å²) in [5, 5.41) is 42.6. The van der Waals surface area contributed by atoms with Crippen LogP contribution in [0.5, 0.6) is 0 Å². The minimum atomic E-state index is -1.20. The van der Waals surface area contributed by atoms with Crippen LogP contribution in [0.1, 0.15) is 40.5 Å². The van der Waals surface area contributed by atoms with Crippen LogP contribution in [0.15, 0.2) is 0 Å². The van der Waals surface area contributed by atoms with Gasteiger partial charge in [0.15, 0.2) is 0 Å². The molecule has 2 aliphatic rings. The van der Waals surface area contributed by atoms with E-state index in [1.54, 1.807) is 0 Å². The zero-order valence-corrected chi connectivity index (χ0v) is 12.3. The van der Waals surface area contributed by atoms with Crippen molar-refractivity contribution in [2.75, 3.05) is 0 Å². The van der Waals surface area contributed by atoms with E-state index in [9.17, 15) is 20.4 Å². The van der Waals surface area contributed by atoms with Crippen molar-refractivity contribution in [2.45, 2.75) is 65.0 Å². The Balaban J connectivity index is 2.50. The minimum absolute atomic E-state index is 0.0276. The van der Waals surface area contributed by atoms with Gasteiger partial charge in [0.2, 0.25) is 0 Å². The molecule has 0 heterocycles. The highest BCUT2D eigenvalue weighted by Gasteiger charge is 2.64. The van der Waals surface area contributed by atoms with Gasteiger partial charge in [-0.25, -0.2) is 0 Å². The maximum Gasteiger partial charge on any atom is 0.0750 e. The number of aliphatic hydroxyl groups is 4.